The first-order valence-corrected chi connectivity index (χ1v) is 8.01. The minimum Gasteiger partial charge on any atom is -0.508 e. The van der Waals surface area contributed by atoms with Crippen molar-refractivity contribution in [1.29, 1.82) is 0 Å². The molecular weight excluding hydrogens is 312 g/mol. The van der Waals surface area contributed by atoms with Crippen molar-refractivity contribution in [3.63, 3.8) is 0 Å². The van der Waals surface area contributed by atoms with E-state index in [0.717, 1.165) is 28.8 Å². The maximum absolute atomic E-state index is 12.7. The van der Waals surface area contributed by atoms with E-state index >= 15 is 0 Å². The molecule has 1 aromatic carbocycles. The standard InChI is InChI=1S/C17H20N2O3S/c1-9-6-12(20)7-10(2)14(9)15-16(22-23)13(8-11-4-5-11)18-19(3)17(15)21/h6-7,11,20,23H,4-5,8H2,1-3H3. The number of aromatic nitrogens is 2. The van der Waals surface area contributed by atoms with Gasteiger partial charge in [-0.2, -0.15) is 5.10 Å². The summed E-state index contributed by atoms with van der Waals surface area (Å²) in [6.07, 6.45) is 3.15. The lowest BCUT2D eigenvalue weighted by Crippen LogP contribution is -2.24. The largest absolute Gasteiger partial charge is 0.508 e. The van der Waals surface area contributed by atoms with E-state index in [2.05, 4.69) is 18.0 Å². The number of phenolic OH excluding ortho intramolecular Hbond substituents is 1. The summed E-state index contributed by atoms with van der Waals surface area (Å²) < 4.78 is 6.65. The second kappa shape index (κ2) is 5.92. The van der Waals surface area contributed by atoms with E-state index < -0.39 is 0 Å². The maximum atomic E-state index is 12.7. The van der Waals surface area contributed by atoms with Crippen molar-refractivity contribution >= 4 is 12.9 Å². The lowest BCUT2D eigenvalue weighted by Gasteiger charge is -2.16. The number of phenols is 1. The second-order valence-corrected chi connectivity index (χ2v) is 6.46. The molecule has 0 bridgehead atoms. The third kappa shape index (κ3) is 2.95. The fourth-order valence-corrected chi connectivity index (χ4v) is 3.25. The summed E-state index contributed by atoms with van der Waals surface area (Å²) in [6, 6.07) is 3.29. The Morgan fingerprint density at radius 3 is 2.43 bits per heavy atom. The molecule has 0 amide bonds. The van der Waals surface area contributed by atoms with E-state index in [1.54, 1.807) is 19.2 Å². The molecule has 1 aromatic heterocycles. The Hall–Kier alpha value is -1.95. The molecule has 1 fully saturated rings. The quantitative estimate of drug-likeness (QED) is 0.667. The Labute approximate surface area is 140 Å². The van der Waals surface area contributed by atoms with E-state index in [-0.39, 0.29) is 11.3 Å². The summed E-state index contributed by atoms with van der Waals surface area (Å²) in [7, 11) is 1.65. The molecule has 1 saturated carbocycles. The summed E-state index contributed by atoms with van der Waals surface area (Å²) in [5, 5.41) is 14.1. The van der Waals surface area contributed by atoms with E-state index in [9.17, 15) is 9.90 Å². The Morgan fingerprint density at radius 1 is 1.30 bits per heavy atom. The van der Waals surface area contributed by atoms with Crippen LogP contribution in [-0.4, -0.2) is 14.9 Å². The van der Waals surface area contributed by atoms with Gasteiger partial charge in [0.15, 0.2) is 5.75 Å². The predicted octanol–water partition coefficient (Wildman–Crippen LogP) is 2.95. The van der Waals surface area contributed by atoms with E-state index in [0.29, 0.717) is 17.2 Å². The van der Waals surface area contributed by atoms with Crippen LogP contribution in [0.25, 0.3) is 11.1 Å². The highest BCUT2D eigenvalue weighted by molar-refractivity contribution is 7.75. The minimum atomic E-state index is -0.231. The Bertz CT molecular complexity index is 802. The summed E-state index contributed by atoms with van der Waals surface area (Å²) in [6.45, 7) is 3.73. The summed E-state index contributed by atoms with van der Waals surface area (Å²) in [5.74, 6) is 1.22. The van der Waals surface area contributed by atoms with Crippen molar-refractivity contribution < 1.29 is 9.29 Å². The van der Waals surface area contributed by atoms with Gasteiger partial charge in [0, 0.05) is 20.0 Å². The highest BCUT2D eigenvalue weighted by Crippen LogP contribution is 2.39. The molecule has 0 atom stereocenters. The molecule has 0 saturated heterocycles. The number of aryl methyl sites for hydroxylation is 3. The lowest BCUT2D eigenvalue weighted by molar-refractivity contribution is 0.474. The Balaban J connectivity index is 2.29. The van der Waals surface area contributed by atoms with Gasteiger partial charge < -0.3 is 9.29 Å². The van der Waals surface area contributed by atoms with Crippen molar-refractivity contribution in [2.45, 2.75) is 33.1 Å². The highest BCUT2D eigenvalue weighted by atomic mass is 32.1. The van der Waals surface area contributed by atoms with Crippen LogP contribution in [0.15, 0.2) is 16.9 Å². The molecule has 2 aromatic rings. The van der Waals surface area contributed by atoms with Crippen LogP contribution in [0.5, 0.6) is 11.5 Å². The average Bonchev–Trinajstić information content (AvgIpc) is 3.27. The molecule has 5 nitrogen and oxygen atoms in total. The molecule has 0 radical (unpaired) electrons. The first-order valence-electron chi connectivity index (χ1n) is 7.64. The fraction of sp³-hybridized carbons (Fsp3) is 0.412. The molecule has 1 heterocycles. The molecule has 122 valence electrons. The molecule has 0 spiro atoms. The van der Waals surface area contributed by atoms with Gasteiger partial charge in [-0.05, 0) is 67.9 Å². The van der Waals surface area contributed by atoms with Crippen LogP contribution in [0, 0.1) is 19.8 Å². The molecule has 0 unspecified atom stereocenters. The smallest absolute Gasteiger partial charge is 0.278 e. The summed E-state index contributed by atoms with van der Waals surface area (Å²) in [4.78, 5) is 12.7. The predicted molar refractivity (Wildman–Crippen MR) is 92.1 cm³/mol. The monoisotopic (exact) mass is 332 g/mol. The van der Waals surface area contributed by atoms with E-state index in [4.69, 9.17) is 4.18 Å². The van der Waals surface area contributed by atoms with Crippen LogP contribution in [0.2, 0.25) is 0 Å². The van der Waals surface area contributed by atoms with Crippen LogP contribution in [0.3, 0.4) is 0 Å². The molecule has 3 rings (SSSR count). The van der Waals surface area contributed by atoms with E-state index in [1.165, 1.54) is 17.5 Å². The van der Waals surface area contributed by atoms with Crippen molar-refractivity contribution in [3.8, 4) is 22.6 Å². The first-order chi connectivity index (χ1) is 10.9. The minimum absolute atomic E-state index is 0.182. The molecule has 23 heavy (non-hydrogen) atoms. The average molecular weight is 332 g/mol. The van der Waals surface area contributed by atoms with Gasteiger partial charge >= 0.3 is 0 Å². The van der Waals surface area contributed by atoms with Gasteiger partial charge in [-0.25, -0.2) is 4.68 Å². The highest BCUT2D eigenvalue weighted by Gasteiger charge is 2.28. The van der Waals surface area contributed by atoms with Gasteiger partial charge in [0.2, 0.25) is 0 Å². The van der Waals surface area contributed by atoms with Gasteiger partial charge in [0.25, 0.3) is 5.56 Å². The van der Waals surface area contributed by atoms with Gasteiger partial charge in [-0.3, -0.25) is 4.79 Å². The molecule has 0 aliphatic heterocycles. The van der Waals surface area contributed by atoms with Crippen molar-refractivity contribution in [2.75, 3.05) is 0 Å². The molecular formula is C17H20N2O3S. The van der Waals surface area contributed by atoms with Crippen LogP contribution >= 0.6 is 12.9 Å². The van der Waals surface area contributed by atoms with Crippen LogP contribution in [-0.2, 0) is 13.5 Å². The van der Waals surface area contributed by atoms with Crippen molar-refractivity contribution in [1.82, 2.24) is 9.78 Å². The molecule has 1 aliphatic rings. The number of hydrogen-bond acceptors (Lipinski definition) is 5. The topological polar surface area (TPSA) is 64.3 Å². The Kier molecular flexibility index (Phi) is 4.10. The maximum Gasteiger partial charge on any atom is 0.278 e. The van der Waals surface area contributed by atoms with Crippen molar-refractivity contribution in [3.05, 3.63) is 39.3 Å². The zero-order chi connectivity index (χ0) is 16.7. The fourth-order valence-electron chi connectivity index (χ4n) is 3.06. The SMILES string of the molecule is Cc1cc(O)cc(C)c1-c1c(OS)c(CC2CC2)nn(C)c1=O. The third-order valence-electron chi connectivity index (χ3n) is 4.31. The number of thiol groups is 1. The van der Waals surface area contributed by atoms with Gasteiger partial charge in [-0.15, -0.1) is 0 Å². The zero-order valence-electron chi connectivity index (χ0n) is 13.5. The van der Waals surface area contributed by atoms with Gasteiger partial charge in [-0.1, -0.05) is 0 Å². The Morgan fingerprint density at radius 2 is 1.91 bits per heavy atom. The number of rotatable bonds is 4. The summed E-state index contributed by atoms with van der Waals surface area (Å²) in [5.41, 5.74) is 3.39. The summed E-state index contributed by atoms with van der Waals surface area (Å²) >= 11 is 3.98. The zero-order valence-corrected chi connectivity index (χ0v) is 14.4. The number of hydrogen-bond donors (Lipinski definition) is 2. The third-order valence-corrected chi connectivity index (χ3v) is 4.49. The van der Waals surface area contributed by atoms with E-state index in [1.807, 2.05) is 13.8 Å². The normalized spacial score (nSPS) is 14.1. The number of aromatic hydroxyl groups is 1. The molecule has 1 N–H and O–H groups in total. The first kappa shape index (κ1) is 15.9. The molecule has 6 heteroatoms. The van der Waals surface area contributed by atoms with Crippen LogP contribution in [0.4, 0.5) is 0 Å². The second-order valence-electron chi connectivity index (χ2n) is 6.27. The van der Waals surface area contributed by atoms with Crippen LogP contribution < -0.4 is 9.74 Å². The van der Waals surface area contributed by atoms with Gasteiger partial charge in [0.1, 0.15) is 11.4 Å². The number of nitrogens with zero attached hydrogens (tertiary/aromatic N) is 2. The lowest BCUT2D eigenvalue weighted by atomic mass is 9.95. The van der Waals surface area contributed by atoms with Gasteiger partial charge in [0.05, 0.1) is 5.56 Å². The van der Waals surface area contributed by atoms with Crippen LogP contribution in [0.1, 0.15) is 29.7 Å². The number of benzene rings is 1. The van der Waals surface area contributed by atoms with Crippen molar-refractivity contribution in [2.24, 2.45) is 13.0 Å². The molecule has 1 aliphatic carbocycles.